The van der Waals surface area contributed by atoms with E-state index in [1.165, 1.54) is 22.3 Å². The molecule has 0 aliphatic heterocycles. The Morgan fingerprint density at radius 3 is 2.57 bits per heavy atom. The van der Waals surface area contributed by atoms with Crippen molar-refractivity contribution < 1.29 is 4.79 Å². The Labute approximate surface area is 165 Å². The summed E-state index contributed by atoms with van der Waals surface area (Å²) < 4.78 is 2.29. The lowest BCUT2D eigenvalue weighted by atomic mass is 10.00. The number of amides is 1. The van der Waals surface area contributed by atoms with Crippen molar-refractivity contribution in [2.45, 2.75) is 40.2 Å². The van der Waals surface area contributed by atoms with E-state index in [-0.39, 0.29) is 0 Å². The van der Waals surface area contributed by atoms with Crippen molar-refractivity contribution in [3.05, 3.63) is 82.4 Å². The van der Waals surface area contributed by atoms with Crippen LogP contribution in [-0.4, -0.2) is 10.5 Å². The highest BCUT2D eigenvalue weighted by atomic mass is 16.1. The van der Waals surface area contributed by atoms with Crippen LogP contribution in [0.3, 0.4) is 0 Å². The average Bonchev–Trinajstić information content (AvgIpc) is 2.98. The van der Waals surface area contributed by atoms with Crippen LogP contribution in [0.1, 0.15) is 52.4 Å². The second-order valence-corrected chi connectivity index (χ2v) is 7.86. The summed E-state index contributed by atoms with van der Waals surface area (Å²) in [6.07, 6.45) is 0. The van der Waals surface area contributed by atoms with Gasteiger partial charge in [0.1, 0.15) is 0 Å². The first-order valence-corrected chi connectivity index (χ1v) is 9.70. The third kappa shape index (κ3) is 2.88. The molecule has 0 saturated heterocycles. The Kier molecular flexibility index (Phi) is 4.46. The Bertz CT molecular complexity index is 1210. The van der Waals surface area contributed by atoms with Crippen LogP contribution in [0.4, 0.5) is 0 Å². The molecule has 4 aromatic rings. The predicted molar refractivity (Wildman–Crippen MR) is 116 cm³/mol. The van der Waals surface area contributed by atoms with Gasteiger partial charge in [-0.05, 0) is 66.3 Å². The van der Waals surface area contributed by atoms with Gasteiger partial charge < -0.3 is 10.3 Å². The maximum Gasteiger partial charge on any atom is 0.249 e. The third-order valence-electron chi connectivity index (χ3n) is 5.79. The fourth-order valence-electron chi connectivity index (χ4n) is 3.93. The summed E-state index contributed by atoms with van der Waals surface area (Å²) >= 11 is 0. The number of carbonyl (C=O) groups is 1. The minimum Gasteiger partial charge on any atom is -0.366 e. The van der Waals surface area contributed by atoms with E-state index in [0.29, 0.717) is 11.5 Å². The molecule has 0 aliphatic carbocycles. The molecule has 3 heteroatoms. The third-order valence-corrected chi connectivity index (χ3v) is 5.79. The van der Waals surface area contributed by atoms with Gasteiger partial charge in [-0.3, -0.25) is 4.79 Å². The molecular formula is C25H25N2O. The van der Waals surface area contributed by atoms with Crippen molar-refractivity contribution in [2.75, 3.05) is 0 Å². The van der Waals surface area contributed by atoms with Crippen LogP contribution in [-0.2, 0) is 6.54 Å². The van der Waals surface area contributed by atoms with Gasteiger partial charge >= 0.3 is 0 Å². The van der Waals surface area contributed by atoms with E-state index in [4.69, 9.17) is 5.73 Å². The molecule has 0 aliphatic rings. The second kappa shape index (κ2) is 6.83. The molecule has 3 aromatic carbocycles. The Morgan fingerprint density at radius 2 is 1.86 bits per heavy atom. The monoisotopic (exact) mass is 369 g/mol. The first-order chi connectivity index (χ1) is 13.4. The molecule has 4 rings (SSSR count). The van der Waals surface area contributed by atoms with Crippen molar-refractivity contribution in [1.82, 2.24) is 4.57 Å². The van der Waals surface area contributed by atoms with E-state index in [1.54, 1.807) is 6.07 Å². The summed E-state index contributed by atoms with van der Waals surface area (Å²) in [7, 11) is 0. The van der Waals surface area contributed by atoms with E-state index >= 15 is 0 Å². The zero-order valence-electron chi connectivity index (χ0n) is 16.8. The Balaban J connectivity index is 2.07. The maximum atomic E-state index is 12.1. The van der Waals surface area contributed by atoms with Gasteiger partial charge in [0.2, 0.25) is 5.91 Å². The summed E-state index contributed by atoms with van der Waals surface area (Å²) in [6.45, 7) is 9.41. The molecule has 1 amide bonds. The number of aryl methyl sites for hydroxylation is 1. The highest BCUT2D eigenvalue weighted by Crippen LogP contribution is 2.34. The molecule has 0 saturated carbocycles. The molecule has 0 bridgehead atoms. The van der Waals surface area contributed by atoms with Gasteiger partial charge in [0.25, 0.3) is 0 Å². The molecule has 1 radical (unpaired) electrons. The average molecular weight is 369 g/mol. The molecular weight excluding hydrogens is 344 g/mol. The van der Waals surface area contributed by atoms with Crippen molar-refractivity contribution in [3.63, 3.8) is 0 Å². The van der Waals surface area contributed by atoms with Crippen LogP contribution >= 0.6 is 0 Å². The maximum absolute atomic E-state index is 12.1. The van der Waals surface area contributed by atoms with E-state index in [9.17, 15) is 4.79 Å². The topological polar surface area (TPSA) is 48.0 Å². The standard InChI is InChI=1S/C25H25N2O/c1-15(2)18-11-12-20-23(13-18)27(14-19-8-5-7-16(3)17(19)4)22-10-6-9-21(24(20)22)25(26)28/h5-11,13,15H,14H2,1-4H3,(H2,26,28). The Morgan fingerprint density at radius 1 is 1.11 bits per heavy atom. The molecule has 141 valence electrons. The highest BCUT2D eigenvalue weighted by molar-refractivity contribution is 6.17. The van der Waals surface area contributed by atoms with Gasteiger partial charge in [0.15, 0.2) is 0 Å². The van der Waals surface area contributed by atoms with Gasteiger partial charge in [-0.2, -0.15) is 0 Å². The lowest BCUT2D eigenvalue weighted by Gasteiger charge is -2.13. The number of hydrogen-bond acceptors (Lipinski definition) is 1. The summed E-state index contributed by atoms with van der Waals surface area (Å²) in [5.41, 5.74) is 13.4. The van der Waals surface area contributed by atoms with Crippen LogP contribution in [0.25, 0.3) is 21.8 Å². The summed E-state index contributed by atoms with van der Waals surface area (Å²) in [5.74, 6) is 0.00107. The molecule has 1 heterocycles. The van der Waals surface area contributed by atoms with Crippen LogP contribution in [0.5, 0.6) is 0 Å². The molecule has 3 nitrogen and oxygen atoms in total. The van der Waals surface area contributed by atoms with Gasteiger partial charge in [0.05, 0.1) is 11.0 Å². The van der Waals surface area contributed by atoms with Gasteiger partial charge in [-0.15, -0.1) is 0 Å². The molecule has 1 aromatic heterocycles. The number of benzene rings is 3. The van der Waals surface area contributed by atoms with Crippen molar-refractivity contribution in [3.8, 4) is 0 Å². The van der Waals surface area contributed by atoms with Gasteiger partial charge in [-0.25, -0.2) is 0 Å². The van der Waals surface area contributed by atoms with E-state index in [2.05, 4.69) is 68.7 Å². The summed E-state index contributed by atoms with van der Waals surface area (Å²) in [5, 5.41) is 1.85. The quantitative estimate of drug-likeness (QED) is 0.508. The number of nitrogens with zero attached hydrogens (tertiary/aromatic N) is 1. The fourth-order valence-corrected chi connectivity index (χ4v) is 3.93. The predicted octanol–water partition coefficient (Wildman–Crippen LogP) is 5.48. The molecule has 0 unspecified atom stereocenters. The first kappa shape index (κ1) is 18.3. The van der Waals surface area contributed by atoms with Gasteiger partial charge in [0, 0.05) is 22.9 Å². The van der Waals surface area contributed by atoms with E-state index in [1.807, 2.05) is 12.1 Å². The lowest BCUT2D eigenvalue weighted by Crippen LogP contribution is -2.11. The van der Waals surface area contributed by atoms with E-state index < -0.39 is 5.91 Å². The molecule has 0 spiro atoms. The molecule has 0 atom stereocenters. The number of primary amides is 1. The van der Waals surface area contributed by atoms with Crippen molar-refractivity contribution in [1.29, 1.82) is 0 Å². The number of carbonyl (C=O) groups excluding carboxylic acids is 1. The highest BCUT2D eigenvalue weighted by Gasteiger charge is 2.18. The summed E-state index contributed by atoms with van der Waals surface area (Å²) in [4.78, 5) is 12.1. The lowest BCUT2D eigenvalue weighted by molar-refractivity contribution is 0.100. The van der Waals surface area contributed by atoms with Crippen molar-refractivity contribution >= 4 is 27.7 Å². The largest absolute Gasteiger partial charge is 0.366 e. The first-order valence-electron chi connectivity index (χ1n) is 9.70. The summed E-state index contributed by atoms with van der Waals surface area (Å²) in [6, 6.07) is 19.9. The second-order valence-electron chi connectivity index (χ2n) is 7.86. The fraction of sp³-hybridized carbons (Fsp3) is 0.240. The molecule has 28 heavy (non-hydrogen) atoms. The number of aromatic nitrogens is 1. The zero-order chi connectivity index (χ0) is 20.0. The normalized spacial score (nSPS) is 11.6. The molecule has 2 N–H and O–H groups in total. The minimum atomic E-state index is -0.405. The van der Waals surface area contributed by atoms with Gasteiger partial charge in [-0.1, -0.05) is 44.2 Å². The number of rotatable bonds is 4. The molecule has 0 fully saturated rings. The van der Waals surface area contributed by atoms with E-state index in [0.717, 1.165) is 28.4 Å². The van der Waals surface area contributed by atoms with Crippen LogP contribution in [0, 0.1) is 19.9 Å². The van der Waals surface area contributed by atoms with Crippen LogP contribution < -0.4 is 5.73 Å². The number of fused-ring (bicyclic) bond motifs is 3. The van der Waals surface area contributed by atoms with Crippen molar-refractivity contribution in [2.24, 2.45) is 5.73 Å². The Hall–Kier alpha value is -3.07. The minimum absolute atomic E-state index is 0.405. The van der Waals surface area contributed by atoms with Crippen LogP contribution in [0.15, 0.2) is 48.5 Å². The smallest absolute Gasteiger partial charge is 0.249 e. The number of nitrogens with two attached hydrogens (primary N) is 1. The van der Waals surface area contributed by atoms with Crippen LogP contribution in [0.2, 0.25) is 0 Å². The SMILES string of the molecule is Cc1cccc(Cn2c3cc(C(C)C)c[c]c3c3c(C(N)=O)cccc32)c1C. The zero-order valence-corrected chi connectivity index (χ0v) is 16.8. The number of hydrogen-bond donors (Lipinski definition) is 1.